The van der Waals surface area contributed by atoms with Crippen LogP contribution < -0.4 is 14.8 Å². The van der Waals surface area contributed by atoms with E-state index in [1.165, 1.54) is 31.5 Å². The number of nitrogens with one attached hydrogen (secondary N) is 1. The van der Waals surface area contributed by atoms with Gasteiger partial charge in [0, 0.05) is 19.1 Å². The van der Waals surface area contributed by atoms with Crippen molar-refractivity contribution in [1.82, 2.24) is 10.2 Å². The topological polar surface area (TPSA) is 33.7 Å². The number of likely N-dealkylation sites (tertiary alicyclic amines) is 1. The van der Waals surface area contributed by atoms with Gasteiger partial charge in [0.1, 0.15) is 12.4 Å². The van der Waals surface area contributed by atoms with Crippen molar-refractivity contribution in [2.45, 2.75) is 39.0 Å². The highest BCUT2D eigenvalue weighted by atomic mass is 79.9. The highest BCUT2D eigenvalue weighted by Gasteiger charge is 2.22. The normalized spacial score (nSPS) is 17.1. The van der Waals surface area contributed by atoms with E-state index in [4.69, 9.17) is 9.47 Å². The molecule has 1 saturated heterocycles. The number of ether oxygens (including phenoxy) is 2. The smallest absolute Gasteiger partial charge is 0.175 e. The fourth-order valence-electron chi connectivity index (χ4n) is 3.68. The van der Waals surface area contributed by atoms with Crippen molar-refractivity contribution in [2.24, 2.45) is 0 Å². The first kappa shape index (κ1) is 21.1. The Kier molecular flexibility index (Phi) is 7.71. The zero-order chi connectivity index (χ0) is 19.9. The predicted octanol–water partition coefficient (Wildman–Crippen LogP) is 4.75. The maximum absolute atomic E-state index is 13.0. The highest BCUT2D eigenvalue weighted by molar-refractivity contribution is 9.10. The predicted molar refractivity (Wildman–Crippen MR) is 113 cm³/mol. The zero-order valence-corrected chi connectivity index (χ0v) is 18.1. The third-order valence-corrected chi connectivity index (χ3v) is 5.79. The molecule has 2 aromatic rings. The minimum absolute atomic E-state index is 0.251. The first-order chi connectivity index (χ1) is 13.6. The van der Waals surface area contributed by atoms with E-state index in [1.807, 2.05) is 6.07 Å². The second-order valence-electron chi connectivity index (χ2n) is 7.08. The van der Waals surface area contributed by atoms with Gasteiger partial charge in [-0.1, -0.05) is 19.1 Å². The fraction of sp³-hybridized carbons (Fsp3) is 0.455. The summed E-state index contributed by atoms with van der Waals surface area (Å²) in [5, 5.41) is 3.57. The summed E-state index contributed by atoms with van der Waals surface area (Å²) in [5.74, 6) is 1.09. The average Bonchev–Trinajstić information content (AvgIpc) is 3.15. The van der Waals surface area contributed by atoms with Gasteiger partial charge >= 0.3 is 0 Å². The van der Waals surface area contributed by atoms with Gasteiger partial charge in [-0.3, -0.25) is 4.90 Å². The van der Waals surface area contributed by atoms with Gasteiger partial charge in [0.15, 0.2) is 11.5 Å². The first-order valence-corrected chi connectivity index (χ1v) is 10.6. The van der Waals surface area contributed by atoms with Crippen LogP contribution in [0.3, 0.4) is 0 Å². The standard InChI is InChI=1S/C22H28BrFN2O2/c1-3-26-10-4-5-19(26)14-25-13-17-11-20(23)22(21(12-17)27-2)28-15-16-6-8-18(24)9-7-16/h6-9,11-12,19,25H,3-5,10,13-15H2,1-2H3/t19-/m0/s1. The molecule has 2 aromatic carbocycles. The van der Waals surface area contributed by atoms with Gasteiger partial charge in [-0.25, -0.2) is 4.39 Å². The Labute approximate surface area is 175 Å². The van der Waals surface area contributed by atoms with Crippen LogP contribution in [-0.4, -0.2) is 37.7 Å². The highest BCUT2D eigenvalue weighted by Crippen LogP contribution is 2.37. The van der Waals surface area contributed by atoms with Crippen LogP contribution in [0.5, 0.6) is 11.5 Å². The molecule has 28 heavy (non-hydrogen) atoms. The molecule has 4 nitrogen and oxygen atoms in total. The number of benzene rings is 2. The minimum atomic E-state index is -0.251. The van der Waals surface area contributed by atoms with E-state index >= 15 is 0 Å². The van der Waals surface area contributed by atoms with Crippen LogP contribution in [0.4, 0.5) is 4.39 Å². The molecule has 0 aromatic heterocycles. The van der Waals surface area contributed by atoms with Crippen molar-refractivity contribution < 1.29 is 13.9 Å². The lowest BCUT2D eigenvalue weighted by Crippen LogP contribution is -2.37. The van der Waals surface area contributed by atoms with Crippen LogP contribution in [-0.2, 0) is 13.2 Å². The first-order valence-electron chi connectivity index (χ1n) is 9.79. The number of likely N-dealkylation sites (N-methyl/N-ethyl adjacent to an activating group) is 1. The lowest BCUT2D eigenvalue weighted by molar-refractivity contribution is 0.259. The molecule has 152 valence electrons. The van der Waals surface area contributed by atoms with E-state index in [1.54, 1.807) is 19.2 Å². The van der Waals surface area contributed by atoms with Crippen LogP contribution in [0.1, 0.15) is 30.9 Å². The quantitative estimate of drug-likeness (QED) is 0.597. The second-order valence-corrected chi connectivity index (χ2v) is 7.93. The number of methoxy groups -OCH3 is 1. The van der Waals surface area contributed by atoms with Gasteiger partial charge < -0.3 is 14.8 Å². The van der Waals surface area contributed by atoms with Gasteiger partial charge in [0.2, 0.25) is 0 Å². The van der Waals surface area contributed by atoms with Crippen molar-refractivity contribution >= 4 is 15.9 Å². The Morgan fingerprint density at radius 1 is 1.21 bits per heavy atom. The molecule has 1 fully saturated rings. The van der Waals surface area contributed by atoms with Gasteiger partial charge in [-0.15, -0.1) is 0 Å². The number of hydrogen-bond acceptors (Lipinski definition) is 4. The van der Waals surface area contributed by atoms with E-state index in [0.29, 0.717) is 24.1 Å². The van der Waals surface area contributed by atoms with Gasteiger partial charge in [-0.2, -0.15) is 0 Å². The number of hydrogen-bond donors (Lipinski definition) is 1. The molecule has 3 rings (SSSR count). The van der Waals surface area contributed by atoms with Crippen LogP contribution >= 0.6 is 15.9 Å². The fourth-order valence-corrected chi connectivity index (χ4v) is 4.28. The van der Waals surface area contributed by atoms with Crippen LogP contribution in [0.2, 0.25) is 0 Å². The van der Waals surface area contributed by atoms with Crippen LogP contribution in [0, 0.1) is 5.82 Å². The maximum Gasteiger partial charge on any atom is 0.175 e. The molecule has 0 spiro atoms. The third-order valence-electron chi connectivity index (χ3n) is 5.20. The molecule has 1 aliphatic rings. The Morgan fingerprint density at radius 3 is 2.71 bits per heavy atom. The average molecular weight is 451 g/mol. The molecule has 0 amide bonds. The zero-order valence-electron chi connectivity index (χ0n) is 16.5. The maximum atomic E-state index is 13.0. The lowest BCUT2D eigenvalue weighted by Gasteiger charge is -2.23. The summed E-state index contributed by atoms with van der Waals surface area (Å²) in [5.41, 5.74) is 2.04. The molecule has 0 bridgehead atoms. The van der Waals surface area contributed by atoms with Crippen LogP contribution in [0.15, 0.2) is 40.9 Å². The SMILES string of the molecule is CCN1CCC[C@H]1CNCc1cc(Br)c(OCc2ccc(F)cc2)c(OC)c1. The van der Waals surface area contributed by atoms with Gasteiger partial charge in [0.05, 0.1) is 11.6 Å². The van der Waals surface area contributed by atoms with E-state index < -0.39 is 0 Å². The molecule has 1 N–H and O–H groups in total. The van der Waals surface area contributed by atoms with E-state index in [-0.39, 0.29) is 5.82 Å². The summed E-state index contributed by atoms with van der Waals surface area (Å²) in [7, 11) is 1.64. The monoisotopic (exact) mass is 450 g/mol. The number of rotatable bonds is 9. The molecular weight excluding hydrogens is 423 g/mol. The number of nitrogens with zero attached hydrogens (tertiary/aromatic N) is 1. The van der Waals surface area contributed by atoms with Crippen molar-refractivity contribution in [3.63, 3.8) is 0 Å². The summed E-state index contributed by atoms with van der Waals surface area (Å²) in [6.45, 7) is 6.68. The molecule has 1 heterocycles. The molecule has 0 radical (unpaired) electrons. The molecule has 0 aliphatic carbocycles. The molecule has 0 unspecified atom stereocenters. The summed E-state index contributed by atoms with van der Waals surface area (Å²) in [4.78, 5) is 2.54. The molecule has 1 atom stereocenters. The van der Waals surface area contributed by atoms with Crippen molar-refractivity contribution in [3.8, 4) is 11.5 Å². The molecule has 6 heteroatoms. The minimum Gasteiger partial charge on any atom is -0.493 e. The van der Waals surface area contributed by atoms with E-state index in [9.17, 15) is 4.39 Å². The summed E-state index contributed by atoms with van der Waals surface area (Å²) < 4.78 is 25.4. The molecule has 0 saturated carbocycles. The Morgan fingerprint density at radius 2 is 2.00 bits per heavy atom. The summed E-state index contributed by atoms with van der Waals surface area (Å²) >= 11 is 3.60. The third kappa shape index (κ3) is 5.46. The van der Waals surface area contributed by atoms with Gasteiger partial charge in [-0.05, 0) is 77.3 Å². The van der Waals surface area contributed by atoms with Gasteiger partial charge in [0.25, 0.3) is 0 Å². The Balaban J connectivity index is 1.59. The largest absolute Gasteiger partial charge is 0.493 e. The summed E-state index contributed by atoms with van der Waals surface area (Å²) in [6, 6.07) is 11.0. The Bertz CT molecular complexity index is 770. The van der Waals surface area contributed by atoms with Crippen molar-refractivity contribution in [2.75, 3.05) is 26.7 Å². The van der Waals surface area contributed by atoms with Crippen molar-refractivity contribution in [3.05, 3.63) is 57.8 Å². The molecule has 1 aliphatic heterocycles. The van der Waals surface area contributed by atoms with Crippen molar-refractivity contribution in [1.29, 1.82) is 0 Å². The van der Waals surface area contributed by atoms with Crippen LogP contribution in [0.25, 0.3) is 0 Å². The molecular formula is C22H28BrFN2O2. The number of halogens is 2. The summed E-state index contributed by atoms with van der Waals surface area (Å²) in [6.07, 6.45) is 2.56. The van der Waals surface area contributed by atoms with E-state index in [0.717, 1.165) is 35.2 Å². The second kappa shape index (κ2) is 10.2. The lowest BCUT2D eigenvalue weighted by atomic mass is 10.1. The van der Waals surface area contributed by atoms with E-state index in [2.05, 4.69) is 39.1 Å². The Hall–Kier alpha value is -1.63.